The number of amides is 1. The zero-order valence-electron chi connectivity index (χ0n) is 12.7. The van der Waals surface area contributed by atoms with Gasteiger partial charge >= 0.3 is 11.8 Å². The van der Waals surface area contributed by atoms with Crippen LogP contribution in [0.2, 0.25) is 0 Å². The first-order chi connectivity index (χ1) is 12.1. The van der Waals surface area contributed by atoms with Gasteiger partial charge in [0, 0.05) is 23.0 Å². The Hall–Kier alpha value is -3.81. The molecule has 4 rings (SSSR count). The Balaban J connectivity index is 1.84. The second-order valence-corrected chi connectivity index (χ2v) is 5.30. The summed E-state index contributed by atoms with van der Waals surface area (Å²) < 4.78 is 5.97. The van der Waals surface area contributed by atoms with Crippen LogP contribution >= 0.6 is 0 Å². The lowest BCUT2D eigenvalue weighted by Crippen LogP contribution is -2.07. The summed E-state index contributed by atoms with van der Waals surface area (Å²) in [5.41, 5.74) is 0.954. The van der Waals surface area contributed by atoms with E-state index in [2.05, 4.69) is 20.3 Å². The van der Waals surface area contributed by atoms with Gasteiger partial charge in [-0.3, -0.25) is 10.3 Å². The molecule has 0 aliphatic carbocycles. The smallest absolute Gasteiger partial charge is 0.409 e. The number of imidazole rings is 1. The molecular weight excluding hydrogens is 324 g/mol. The predicted molar refractivity (Wildman–Crippen MR) is 92.4 cm³/mol. The molecule has 0 saturated carbocycles. The van der Waals surface area contributed by atoms with Gasteiger partial charge in [0.05, 0.1) is 5.69 Å². The van der Waals surface area contributed by atoms with Crippen molar-refractivity contribution in [1.29, 1.82) is 0 Å². The zero-order chi connectivity index (χ0) is 17.4. The largest absolute Gasteiger partial charge is 0.465 e. The van der Waals surface area contributed by atoms with Crippen LogP contribution in [0.15, 0.2) is 53.5 Å². The molecule has 2 heterocycles. The van der Waals surface area contributed by atoms with Crippen LogP contribution in [0.4, 0.5) is 10.5 Å². The molecule has 4 aromatic rings. The second-order valence-electron chi connectivity index (χ2n) is 5.30. The lowest BCUT2D eigenvalue weighted by molar-refractivity contribution is 0.210. The van der Waals surface area contributed by atoms with E-state index in [0.29, 0.717) is 33.7 Å². The Morgan fingerprint density at radius 3 is 2.64 bits per heavy atom. The molecule has 1 amide bonds. The Labute approximate surface area is 140 Å². The standard InChI is InChI=1S/C17H12N4O4/c22-16-20-14-13(7-8-18-15(14)21-16)25-12-6-5-11(19-17(23)24)9-3-1-2-4-10(9)12/h1-8,19H,(H,23,24)(H2,18,20,21,22). The van der Waals surface area contributed by atoms with Crippen molar-refractivity contribution in [2.75, 3.05) is 5.32 Å². The lowest BCUT2D eigenvalue weighted by atomic mass is 10.1. The maximum Gasteiger partial charge on any atom is 0.409 e. The number of nitrogens with zero attached hydrogens (tertiary/aromatic N) is 1. The van der Waals surface area contributed by atoms with Gasteiger partial charge in [-0.15, -0.1) is 0 Å². The molecule has 8 nitrogen and oxygen atoms in total. The van der Waals surface area contributed by atoms with E-state index in [1.54, 1.807) is 24.3 Å². The number of anilines is 1. The molecule has 0 saturated heterocycles. The first kappa shape index (κ1) is 14.8. The van der Waals surface area contributed by atoms with Crippen LogP contribution in [-0.2, 0) is 0 Å². The summed E-state index contributed by atoms with van der Waals surface area (Å²) in [6.07, 6.45) is 0.392. The van der Waals surface area contributed by atoms with Gasteiger partial charge in [0.1, 0.15) is 11.3 Å². The number of H-pyrrole nitrogens is 2. The van der Waals surface area contributed by atoms with E-state index in [1.165, 1.54) is 6.20 Å². The summed E-state index contributed by atoms with van der Waals surface area (Å²) >= 11 is 0. The molecule has 124 valence electrons. The summed E-state index contributed by atoms with van der Waals surface area (Å²) in [5, 5.41) is 12.8. The minimum Gasteiger partial charge on any atom is -0.465 e. The van der Waals surface area contributed by atoms with Gasteiger partial charge in [0.2, 0.25) is 0 Å². The summed E-state index contributed by atoms with van der Waals surface area (Å²) in [7, 11) is 0. The number of hydrogen-bond acceptors (Lipinski definition) is 4. The first-order valence-electron chi connectivity index (χ1n) is 7.38. The average Bonchev–Trinajstić information content (AvgIpc) is 2.98. The summed E-state index contributed by atoms with van der Waals surface area (Å²) in [4.78, 5) is 31.7. The van der Waals surface area contributed by atoms with E-state index in [-0.39, 0.29) is 5.69 Å². The molecular formula is C17H12N4O4. The molecule has 0 aliphatic rings. The molecule has 25 heavy (non-hydrogen) atoms. The maximum absolute atomic E-state index is 11.5. The van der Waals surface area contributed by atoms with Crippen LogP contribution in [0.5, 0.6) is 11.5 Å². The van der Waals surface area contributed by atoms with Gasteiger partial charge in [-0.2, -0.15) is 0 Å². The van der Waals surface area contributed by atoms with Gasteiger partial charge in [0.25, 0.3) is 0 Å². The number of rotatable bonds is 3. The van der Waals surface area contributed by atoms with E-state index in [9.17, 15) is 9.59 Å². The van der Waals surface area contributed by atoms with Crippen LogP contribution < -0.4 is 15.7 Å². The molecule has 0 aliphatic heterocycles. The Bertz CT molecular complexity index is 1160. The van der Waals surface area contributed by atoms with E-state index in [4.69, 9.17) is 9.84 Å². The SMILES string of the molecule is O=C(O)Nc1ccc(Oc2ccnc3[nH]c(=O)[nH]c23)c2ccccc12. The first-order valence-corrected chi connectivity index (χ1v) is 7.38. The third kappa shape index (κ3) is 2.65. The molecule has 0 atom stereocenters. The molecule has 2 aromatic carbocycles. The summed E-state index contributed by atoms with van der Waals surface area (Å²) in [6, 6.07) is 12.2. The highest BCUT2D eigenvalue weighted by molar-refractivity contribution is 6.02. The van der Waals surface area contributed by atoms with Crippen LogP contribution in [0, 0.1) is 0 Å². The fourth-order valence-electron chi connectivity index (χ4n) is 2.70. The van der Waals surface area contributed by atoms with Crippen LogP contribution in [0.1, 0.15) is 0 Å². The van der Waals surface area contributed by atoms with Crippen molar-refractivity contribution in [2.45, 2.75) is 0 Å². The number of carbonyl (C=O) groups is 1. The topological polar surface area (TPSA) is 120 Å². The van der Waals surface area contributed by atoms with Gasteiger partial charge in [-0.25, -0.2) is 14.6 Å². The highest BCUT2D eigenvalue weighted by Crippen LogP contribution is 2.35. The number of benzene rings is 2. The lowest BCUT2D eigenvalue weighted by Gasteiger charge is -2.12. The number of aromatic amines is 2. The Morgan fingerprint density at radius 2 is 1.84 bits per heavy atom. The van der Waals surface area contributed by atoms with Crippen molar-refractivity contribution in [1.82, 2.24) is 15.0 Å². The highest BCUT2D eigenvalue weighted by Gasteiger charge is 2.12. The molecule has 0 radical (unpaired) electrons. The van der Waals surface area contributed by atoms with Gasteiger partial charge in [0.15, 0.2) is 11.4 Å². The molecule has 8 heteroatoms. The number of aromatic nitrogens is 3. The number of ether oxygens (including phenoxy) is 1. The molecule has 0 fully saturated rings. The number of carboxylic acid groups (broad SMARTS) is 1. The number of hydrogen-bond donors (Lipinski definition) is 4. The van der Waals surface area contributed by atoms with E-state index in [0.717, 1.165) is 5.39 Å². The third-order valence-electron chi connectivity index (χ3n) is 3.73. The van der Waals surface area contributed by atoms with Crippen LogP contribution in [0.25, 0.3) is 21.9 Å². The maximum atomic E-state index is 11.5. The van der Waals surface area contributed by atoms with Crippen molar-refractivity contribution in [2.24, 2.45) is 0 Å². The van der Waals surface area contributed by atoms with E-state index < -0.39 is 6.09 Å². The van der Waals surface area contributed by atoms with E-state index >= 15 is 0 Å². The fourth-order valence-corrected chi connectivity index (χ4v) is 2.70. The molecule has 2 aromatic heterocycles. The number of fused-ring (bicyclic) bond motifs is 2. The van der Waals surface area contributed by atoms with Crippen LogP contribution in [-0.4, -0.2) is 26.2 Å². The molecule has 0 unspecified atom stereocenters. The fraction of sp³-hybridized carbons (Fsp3) is 0. The number of pyridine rings is 1. The van der Waals surface area contributed by atoms with Gasteiger partial charge < -0.3 is 14.8 Å². The Morgan fingerprint density at radius 1 is 1.04 bits per heavy atom. The predicted octanol–water partition coefficient (Wildman–Crippen LogP) is 3.29. The van der Waals surface area contributed by atoms with Crippen molar-refractivity contribution >= 4 is 33.7 Å². The van der Waals surface area contributed by atoms with Gasteiger partial charge in [-0.05, 0) is 12.1 Å². The van der Waals surface area contributed by atoms with Gasteiger partial charge in [-0.1, -0.05) is 24.3 Å². The van der Waals surface area contributed by atoms with Crippen molar-refractivity contribution < 1.29 is 14.6 Å². The average molecular weight is 336 g/mol. The third-order valence-corrected chi connectivity index (χ3v) is 3.73. The summed E-state index contributed by atoms with van der Waals surface area (Å²) in [6.45, 7) is 0. The Kier molecular flexibility index (Phi) is 3.35. The monoisotopic (exact) mass is 336 g/mol. The van der Waals surface area contributed by atoms with Crippen molar-refractivity contribution in [3.63, 3.8) is 0 Å². The zero-order valence-corrected chi connectivity index (χ0v) is 12.7. The number of nitrogens with one attached hydrogen (secondary N) is 3. The van der Waals surface area contributed by atoms with E-state index in [1.807, 2.05) is 18.2 Å². The molecule has 0 bridgehead atoms. The second kappa shape index (κ2) is 5.68. The highest BCUT2D eigenvalue weighted by atomic mass is 16.5. The summed E-state index contributed by atoms with van der Waals surface area (Å²) in [5.74, 6) is 0.966. The quantitative estimate of drug-likeness (QED) is 0.457. The normalized spacial score (nSPS) is 10.9. The molecule has 0 spiro atoms. The van der Waals surface area contributed by atoms with Crippen molar-refractivity contribution in [3.05, 3.63) is 59.1 Å². The van der Waals surface area contributed by atoms with Crippen LogP contribution in [0.3, 0.4) is 0 Å². The minimum absolute atomic E-state index is 0.371. The van der Waals surface area contributed by atoms with Crippen molar-refractivity contribution in [3.8, 4) is 11.5 Å². The minimum atomic E-state index is -1.14. The molecule has 4 N–H and O–H groups in total.